The summed E-state index contributed by atoms with van der Waals surface area (Å²) in [5.41, 5.74) is 0.431. The minimum Gasteiger partial charge on any atom is -0.508 e. The first-order valence-corrected chi connectivity index (χ1v) is 4.07. The number of aromatic hydroxyl groups is 1. The lowest BCUT2D eigenvalue weighted by Gasteiger charge is -2.03. The SMILES string of the molecule is O=[N+]([O-])CCc1c(O)cccc1Cl. The van der Waals surface area contributed by atoms with E-state index in [1.54, 1.807) is 12.1 Å². The Labute approximate surface area is 79.9 Å². The molecule has 0 spiro atoms. The summed E-state index contributed by atoms with van der Waals surface area (Å²) < 4.78 is 0. The molecule has 1 aromatic rings. The van der Waals surface area contributed by atoms with Gasteiger partial charge in [-0.15, -0.1) is 0 Å². The van der Waals surface area contributed by atoms with Gasteiger partial charge in [-0.3, -0.25) is 10.1 Å². The van der Waals surface area contributed by atoms with Crippen molar-refractivity contribution in [1.82, 2.24) is 0 Å². The predicted molar refractivity (Wildman–Crippen MR) is 48.7 cm³/mol. The largest absolute Gasteiger partial charge is 0.508 e. The summed E-state index contributed by atoms with van der Waals surface area (Å²) >= 11 is 5.73. The second-order valence-corrected chi connectivity index (χ2v) is 2.95. The highest BCUT2D eigenvalue weighted by Crippen LogP contribution is 2.25. The van der Waals surface area contributed by atoms with Crippen LogP contribution in [0.15, 0.2) is 18.2 Å². The zero-order chi connectivity index (χ0) is 9.84. The predicted octanol–water partition coefficient (Wildman–Crippen LogP) is 1.86. The van der Waals surface area contributed by atoms with Crippen LogP contribution in [-0.2, 0) is 6.42 Å². The second-order valence-electron chi connectivity index (χ2n) is 2.54. The van der Waals surface area contributed by atoms with E-state index in [-0.39, 0.29) is 18.7 Å². The maximum Gasteiger partial charge on any atom is 0.208 e. The number of nitrogens with zero attached hydrogens (tertiary/aromatic N) is 1. The number of nitro groups is 1. The summed E-state index contributed by atoms with van der Waals surface area (Å²) in [4.78, 5) is 9.63. The van der Waals surface area contributed by atoms with Gasteiger partial charge in [-0.25, -0.2) is 0 Å². The van der Waals surface area contributed by atoms with Gasteiger partial charge in [0.1, 0.15) is 5.75 Å². The Morgan fingerprint density at radius 2 is 2.23 bits per heavy atom. The number of benzene rings is 1. The third-order valence-corrected chi connectivity index (χ3v) is 1.99. The van der Waals surface area contributed by atoms with Crippen molar-refractivity contribution in [3.8, 4) is 5.75 Å². The summed E-state index contributed by atoms with van der Waals surface area (Å²) in [6.45, 7) is -0.225. The van der Waals surface area contributed by atoms with Gasteiger partial charge >= 0.3 is 0 Å². The third kappa shape index (κ3) is 2.59. The van der Waals surface area contributed by atoms with Gasteiger partial charge in [0.15, 0.2) is 0 Å². The number of rotatable bonds is 3. The van der Waals surface area contributed by atoms with Crippen LogP contribution in [0, 0.1) is 10.1 Å². The van der Waals surface area contributed by atoms with Gasteiger partial charge in [0, 0.05) is 21.9 Å². The molecule has 0 bridgehead atoms. The Hall–Kier alpha value is -1.29. The van der Waals surface area contributed by atoms with E-state index in [9.17, 15) is 15.2 Å². The Kier molecular flexibility index (Phi) is 3.08. The molecule has 5 heteroatoms. The van der Waals surface area contributed by atoms with E-state index in [4.69, 9.17) is 11.6 Å². The number of phenols is 1. The first-order valence-electron chi connectivity index (χ1n) is 3.69. The molecule has 0 atom stereocenters. The summed E-state index contributed by atoms with van der Waals surface area (Å²) in [7, 11) is 0. The summed E-state index contributed by atoms with van der Waals surface area (Å²) in [6.07, 6.45) is 0.151. The number of phenolic OH excluding ortho intramolecular Hbond substituents is 1. The third-order valence-electron chi connectivity index (χ3n) is 1.64. The minimum absolute atomic E-state index is 0.00866. The number of halogens is 1. The Morgan fingerprint density at radius 3 is 2.77 bits per heavy atom. The van der Waals surface area contributed by atoms with Gasteiger partial charge in [-0.1, -0.05) is 17.7 Å². The van der Waals surface area contributed by atoms with Crippen molar-refractivity contribution in [2.24, 2.45) is 0 Å². The number of hydrogen-bond acceptors (Lipinski definition) is 3. The van der Waals surface area contributed by atoms with Gasteiger partial charge in [0.2, 0.25) is 6.54 Å². The molecule has 1 aromatic carbocycles. The lowest BCUT2D eigenvalue weighted by atomic mass is 10.1. The average molecular weight is 202 g/mol. The van der Waals surface area contributed by atoms with E-state index >= 15 is 0 Å². The highest BCUT2D eigenvalue weighted by Gasteiger charge is 2.08. The monoisotopic (exact) mass is 201 g/mol. The zero-order valence-corrected chi connectivity index (χ0v) is 7.49. The summed E-state index contributed by atoms with van der Waals surface area (Å²) in [6, 6.07) is 4.64. The average Bonchev–Trinajstić information content (AvgIpc) is 2.03. The molecule has 0 unspecified atom stereocenters. The van der Waals surface area contributed by atoms with Crippen molar-refractivity contribution >= 4 is 11.6 Å². The molecule has 0 aliphatic heterocycles. The lowest BCUT2D eigenvalue weighted by molar-refractivity contribution is -0.479. The van der Waals surface area contributed by atoms with Crippen molar-refractivity contribution in [3.05, 3.63) is 38.9 Å². The van der Waals surface area contributed by atoms with Crippen molar-refractivity contribution in [3.63, 3.8) is 0 Å². The molecular formula is C8H8ClNO3. The molecular weight excluding hydrogens is 194 g/mol. The normalized spacial score (nSPS) is 9.92. The van der Waals surface area contributed by atoms with E-state index in [1.807, 2.05) is 0 Å². The molecule has 0 aliphatic rings. The summed E-state index contributed by atoms with van der Waals surface area (Å²) in [5, 5.41) is 19.7. The fourth-order valence-corrected chi connectivity index (χ4v) is 1.26. The fourth-order valence-electron chi connectivity index (χ4n) is 0.998. The maximum atomic E-state index is 10.1. The van der Waals surface area contributed by atoms with E-state index < -0.39 is 4.92 Å². The van der Waals surface area contributed by atoms with Crippen LogP contribution < -0.4 is 0 Å². The van der Waals surface area contributed by atoms with E-state index in [2.05, 4.69) is 0 Å². The molecule has 1 N–H and O–H groups in total. The molecule has 13 heavy (non-hydrogen) atoms. The van der Waals surface area contributed by atoms with Crippen molar-refractivity contribution in [1.29, 1.82) is 0 Å². The van der Waals surface area contributed by atoms with Crippen LogP contribution in [-0.4, -0.2) is 16.6 Å². The topological polar surface area (TPSA) is 63.4 Å². The van der Waals surface area contributed by atoms with Crippen molar-refractivity contribution in [2.75, 3.05) is 6.54 Å². The molecule has 0 aliphatic carbocycles. The van der Waals surface area contributed by atoms with Crippen LogP contribution in [0.25, 0.3) is 0 Å². The van der Waals surface area contributed by atoms with Crippen LogP contribution in [0.1, 0.15) is 5.56 Å². The Bertz CT molecular complexity index is 307. The number of hydrogen-bond donors (Lipinski definition) is 1. The first kappa shape index (κ1) is 9.80. The second kappa shape index (κ2) is 4.09. The molecule has 0 aromatic heterocycles. The van der Waals surface area contributed by atoms with Gasteiger partial charge in [-0.2, -0.15) is 0 Å². The van der Waals surface area contributed by atoms with Crippen LogP contribution in [0.3, 0.4) is 0 Å². The van der Waals surface area contributed by atoms with Gasteiger partial charge < -0.3 is 5.11 Å². The van der Waals surface area contributed by atoms with Gasteiger partial charge in [-0.05, 0) is 12.1 Å². The van der Waals surface area contributed by atoms with Crippen molar-refractivity contribution in [2.45, 2.75) is 6.42 Å². The van der Waals surface area contributed by atoms with E-state index in [1.165, 1.54) is 6.07 Å². The maximum absolute atomic E-state index is 10.1. The van der Waals surface area contributed by atoms with Gasteiger partial charge in [0.25, 0.3) is 0 Å². The molecule has 0 saturated heterocycles. The zero-order valence-electron chi connectivity index (χ0n) is 6.74. The Morgan fingerprint density at radius 1 is 1.54 bits per heavy atom. The Balaban J connectivity index is 2.81. The molecule has 0 heterocycles. The summed E-state index contributed by atoms with van der Waals surface area (Å²) in [5.74, 6) is 0.00866. The highest BCUT2D eigenvalue weighted by atomic mass is 35.5. The highest BCUT2D eigenvalue weighted by molar-refractivity contribution is 6.31. The molecule has 70 valence electrons. The molecule has 4 nitrogen and oxygen atoms in total. The lowest BCUT2D eigenvalue weighted by Crippen LogP contribution is -2.04. The smallest absolute Gasteiger partial charge is 0.208 e. The minimum atomic E-state index is -0.442. The van der Waals surface area contributed by atoms with Crippen molar-refractivity contribution < 1.29 is 10.0 Å². The van der Waals surface area contributed by atoms with E-state index in [0.717, 1.165) is 0 Å². The van der Waals surface area contributed by atoms with E-state index in [0.29, 0.717) is 10.6 Å². The molecule has 0 amide bonds. The quantitative estimate of drug-likeness (QED) is 0.600. The van der Waals surface area contributed by atoms with Gasteiger partial charge in [0.05, 0.1) is 0 Å². The molecule has 1 rings (SSSR count). The first-order chi connectivity index (χ1) is 6.11. The molecule has 0 fully saturated rings. The molecule has 0 radical (unpaired) electrons. The molecule has 0 saturated carbocycles. The standard InChI is InChI=1S/C8H8ClNO3/c9-7-2-1-3-8(11)6(7)4-5-10(12)13/h1-3,11H,4-5H2. The van der Waals surface area contributed by atoms with Crippen LogP contribution in [0.2, 0.25) is 5.02 Å². The fraction of sp³-hybridized carbons (Fsp3) is 0.250. The van der Waals surface area contributed by atoms with Crippen LogP contribution in [0.5, 0.6) is 5.75 Å². The van der Waals surface area contributed by atoms with Crippen LogP contribution >= 0.6 is 11.6 Å². The van der Waals surface area contributed by atoms with Crippen LogP contribution in [0.4, 0.5) is 0 Å².